The van der Waals surface area contributed by atoms with E-state index in [0.717, 1.165) is 36.1 Å². The zero-order valence-corrected chi connectivity index (χ0v) is 22.5. The molecule has 3 rings (SSSR count). The van der Waals surface area contributed by atoms with Crippen molar-refractivity contribution < 1.29 is 27.2 Å². The Kier molecular flexibility index (Phi) is 11.0. The van der Waals surface area contributed by atoms with Crippen molar-refractivity contribution in [3.63, 3.8) is 0 Å². The normalized spacial score (nSPS) is 13.2. The van der Waals surface area contributed by atoms with E-state index in [2.05, 4.69) is 15.6 Å². The number of carbonyl (C=O) groups is 2. The lowest BCUT2D eigenvalue weighted by Crippen LogP contribution is -2.52. The molecule has 0 fully saturated rings. The van der Waals surface area contributed by atoms with E-state index in [1.807, 2.05) is 31.3 Å². The molecule has 0 aliphatic rings. The summed E-state index contributed by atoms with van der Waals surface area (Å²) in [7, 11) is 2.04. The van der Waals surface area contributed by atoms with Gasteiger partial charge in [0.25, 0.3) is 0 Å². The lowest BCUT2D eigenvalue weighted by Gasteiger charge is -2.34. The summed E-state index contributed by atoms with van der Waals surface area (Å²) in [4.78, 5) is 30.5. The third-order valence-electron chi connectivity index (χ3n) is 6.86. The number of quaternary nitrogens is 1. The van der Waals surface area contributed by atoms with Crippen molar-refractivity contribution in [3.05, 3.63) is 71.7 Å². The minimum atomic E-state index is -1.62. The minimum Gasteiger partial charge on any atom is -0.343 e. The van der Waals surface area contributed by atoms with Gasteiger partial charge in [-0.2, -0.15) is 0 Å². The molecule has 2 atom stereocenters. The quantitative estimate of drug-likeness (QED) is 0.150. The van der Waals surface area contributed by atoms with Gasteiger partial charge in [-0.15, -0.1) is 0 Å². The molecule has 0 saturated carbocycles. The molecule has 0 saturated heterocycles. The summed E-state index contributed by atoms with van der Waals surface area (Å²) >= 11 is 0. The molecule has 40 heavy (non-hydrogen) atoms. The van der Waals surface area contributed by atoms with Gasteiger partial charge in [0.1, 0.15) is 6.04 Å². The molecule has 2 unspecified atom stereocenters. The zero-order valence-electron chi connectivity index (χ0n) is 22.5. The first-order chi connectivity index (χ1) is 19.0. The molecule has 2 aromatic carbocycles. The van der Waals surface area contributed by atoms with Crippen LogP contribution < -0.4 is 27.8 Å². The first kappa shape index (κ1) is 31.0. The topological polar surface area (TPSA) is 149 Å². The molecule has 1 heterocycles. The molecule has 8 N–H and O–H groups in total. The van der Waals surface area contributed by atoms with Gasteiger partial charge in [0.2, 0.25) is 11.8 Å². The number of aromatic nitrogens is 1. The number of fused-ring (bicyclic) bond motifs is 1. The van der Waals surface area contributed by atoms with E-state index in [0.29, 0.717) is 42.6 Å². The van der Waals surface area contributed by atoms with Crippen molar-refractivity contribution in [2.75, 3.05) is 45.1 Å². The smallest absolute Gasteiger partial charge is 0.247 e. The van der Waals surface area contributed by atoms with Gasteiger partial charge in [0.15, 0.2) is 17.5 Å². The van der Waals surface area contributed by atoms with E-state index in [4.69, 9.17) is 17.2 Å². The summed E-state index contributed by atoms with van der Waals surface area (Å²) in [5, 5.41) is 6.06. The molecule has 1 aromatic heterocycles. The Morgan fingerprint density at radius 3 is 2.27 bits per heavy atom. The van der Waals surface area contributed by atoms with Gasteiger partial charge in [-0.05, 0) is 42.7 Å². The number of para-hydroxylation sites is 1. The van der Waals surface area contributed by atoms with Crippen molar-refractivity contribution in [3.8, 4) is 0 Å². The van der Waals surface area contributed by atoms with Crippen LogP contribution in [-0.2, 0) is 16.0 Å². The number of anilines is 1. The number of nitrogens with two attached hydrogens (primary N) is 3. The van der Waals surface area contributed by atoms with Crippen LogP contribution in [0.2, 0.25) is 0 Å². The van der Waals surface area contributed by atoms with Crippen LogP contribution >= 0.6 is 0 Å². The van der Waals surface area contributed by atoms with Gasteiger partial charge in [0, 0.05) is 24.9 Å². The fraction of sp³-hybridized carbons (Fsp3) is 0.393. The van der Waals surface area contributed by atoms with Crippen LogP contribution in [0.3, 0.4) is 0 Å². The van der Waals surface area contributed by atoms with Crippen molar-refractivity contribution in [2.45, 2.75) is 31.3 Å². The van der Waals surface area contributed by atoms with Gasteiger partial charge in [-0.1, -0.05) is 18.2 Å². The summed E-state index contributed by atoms with van der Waals surface area (Å²) in [6.45, 7) is 3.17. The van der Waals surface area contributed by atoms with Crippen LogP contribution in [0.1, 0.15) is 18.4 Å². The van der Waals surface area contributed by atoms with E-state index in [1.54, 1.807) is 6.07 Å². The molecule has 0 aliphatic heterocycles. The molecular formula is C28H37F3N7O2+. The largest absolute Gasteiger partial charge is 0.343 e. The van der Waals surface area contributed by atoms with Crippen molar-refractivity contribution >= 4 is 28.4 Å². The number of hydrogen-bond donors (Lipinski definition) is 5. The van der Waals surface area contributed by atoms with E-state index in [-0.39, 0.29) is 12.0 Å². The highest BCUT2D eigenvalue weighted by Gasteiger charge is 2.27. The molecule has 3 aromatic rings. The summed E-state index contributed by atoms with van der Waals surface area (Å²) < 4.78 is 41.9. The average molecular weight is 561 g/mol. The zero-order chi connectivity index (χ0) is 29.3. The van der Waals surface area contributed by atoms with Crippen LogP contribution in [0.25, 0.3) is 10.9 Å². The monoisotopic (exact) mass is 560 g/mol. The molecule has 216 valence electrons. The standard InChI is InChI=1S/C28H36F3N7O2/c1-38(11-8-32,12-9-33)10-4-6-23(34)27(39)37-25(15-18-13-21(29)26(31)22(30)14-18)28(40)36-20-16-19-5-2-3-7-24(19)35-17-20/h2-3,5,7,13-14,16-17,23,25H,4,6,8-12,15,32-34H2,1H3,(H-,36,37,39,40)/p+1. The van der Waals surface area contributed by atoms with E-state index < -0.39 is 41.3 Å². The number of likely N-dealkylation sites (N-methyl/N-ethyl adjacent to an activating group) is 1. The summed E-state index contributed by atoms with van der Waals surface area (Å²) in [6.07, 6.45) is 2.10. The van der Waals surface area contributed by atoms with Gasteiger partial charge >= 0.3 is 0 Å². The number of rotatable bonds is 14. The number of pyridine rings is 1. The highest BCUT2D eigenvalue weighted by atomic mass is 19.2. The fourth-order valence-corrected chi connectivity index (χ4v) is 4.60. The first-order valence-corrected chi connectivity index (χ1v) is 13.1. The summed E-state index contributed by atoms with van der Waals surface area (Å²) in [5.41, 5.74) is 18.7. The maximum Gasteiger partial charge on any atom is 0.247 e. The van der Waals surface area contributed by atoms with Gasteiger partial charge < -0.3 is 32.3 Å². The molecule has 0 radical (unpaired) electrons. The number of nitrogens with zero attached hydrogens (tertiary/aromatic N) is 2. The second kappa shape index (κ2) is 14.2. The lowest BCUT2D eigenvalue weighted by atomic mass is 10.0. The maximum atomic E-state index is 13.9. The Morgan fingerprint density at radius 2 is 1.62 bits per heavy atom. The minimum absolute atomic E-state index is 0.0151. The second-order valence-electron chi connectivity index (χ2n) is 10.2. The number of benzene rings is 2. The predicted octanol–water partition coefficient (Wildman–Crippen LogP) is 1.79. The Labute approximate surface area is 231 Å². The highest BCUT2D eigenvalue weighted by Crippen LogP contribution is 2.18. The molecule has 0 bridgehead atoms. The number of nitrogens with one attached hydrogen (secondary N) is 2. The Balaban J connectivity index is 1.73. The van der Waals surface area contributed by atoms with Gasteiger partial charge in [-0.3, -0.25) is 14.6 Å². The van der Waals surface area contributed by atoms with Crippen LogP contribution in [0.4, 0.5) is 18.9 Å². The van der Waals surface area contributed by atoms with E-state index in [9.17, 15) is 22.8 Å². The number of halogens is 3. The van der Waals surface area contributed by atoms with Crippen LogP contribution in [0.15, 0.2) is 48.7 Å². The molecule has 9 nitrogen and oxygen atoms in total. The van der Waals surface area contributed by atoms with E-state index >= 15 is 0 Å². The van der Waals surface area contributed by atoms with Crippen LogP contribution in [0, 0.1) is 17.5 Å². The van der Waals surface area contributed by atoms with Gasteiger partial charge in [0.05, 0.1) is 50.1 Å². The summed E-state index contributed by atoms with van der Waals surface area (Å²) in [6, 6.07) is 8.38. The summed E-state index contributed by atoms with van der Waals surface area (Å²) in [5.74, 6) is -5.67. The van der Waals surface area contributed by atoms with Crippen molar-refractivity contribution in [2.24, 2.45) is 17.2 Å². The number of hydrogen-bond acceptors (Lipinski definition) is 6. The first-order valence-electron chi connectivity index (χ1n) is 13.1. The van der Waals surface area contributed by atoms with Crippen molar-refractivity contribution in [1.29, 1.82) is 0 Å². The van der Waals surface area contributed by atoms with Crippen molar-refractivity contribution in [1.82, 2.24) is 10.3 Å². The van der Waals surface area contributed by atoms with Gasteiger partial charge in [-0.25, -0.2) is 13.2 Å². The average Bonchev–Trinajstić information content (AvgIpc) is 2.91. The predicted molar refractivity (Wildman–Crippen MR) is 148 cm³/mol. The number of carbonyl (C=O) groups excluding carboxylic acids is 2. The number of amides is 2. The Morgan fingerprint density at radius 1 is 0.975 bits per heavy atom. The third kappa shape index (κ3) is 8.46. The fourth-order valence-electron chi connectivity index (χ4n) is 4.60. The molecule has 0 spiro atoms. The third-order valence-corrected chi connectivity index (χ3v) is 6.86. The van der Waals surface area contributed by atoms with Crippen LogP contribution in [-0.4, -0.2) is 73.1 Å². The Hall–Kier alpha value is -3.58. The molecule has 2 amide bonds. The second-order valence-corrected chi connectivity index (χ2v) is 10.2. The molecular weight excluding hydrogens is 523 g/mol. The lowest BCUT2D eigenvalue weighted by molar-refractivity contribution is -0.907. The van der Waals surface area contributed by atoms with E-state index in [1.165, 1.54) is 6.20 Å². The highest BCUT2D eigenvalue weighted by molar-refractivity contribution is 5.99. The van der Waals surface area contributed by atoms with Crippen LogP contribution in [0.5, 0.6) is 0 Å². The molecule has 0 aliphatic carbocycles. The maximum absolute atomic E-state index is 13.9. The Bertz CT molecular complexity index is 1300. The molecule has 12 heteroatoms. The SMILES string of the molecule is C[N+](CCN)(CCN)CCCC(N)C(=O)NC(Cc1cc(F)c(F)c(F)c1)C(=O)Nc1cnc2ccccc2c1.